The second-order valence-corrected chi connectivity index (χ2v) is 3.38. The molecule has 0 spiro atoms. The molecule has 0 unspecified atom stereocenters. The van der Waals surface area contributed by atoms with E-state index in [0.717, 1.165) is 38.3 Å². The zero-order chi connectivity index (χ0) is 14.6. The van der Waals surface area contributed by atoms with E-state index in [0.29, 0.717) is 0 Å². The lowest BCUT2D eigenvalue weighted by Gasteiger charge is -2.24. The van der Waals surface area contributed by atoms with Crippen molar-refractivity contribution in [3.8, 4) is 0 Å². The average Bonchev–Trinajstić information content (AvgIpc) is 2.34. The van der Waals surface area contributed by atoms with Crippen molar-refractivity contribution >= 4 is 17.6 Å². The predicted octanol–water partition coefficient (Wildman–Crippen LogP) is 2.28. The van der Waals surface area contributed by atoms with Crippen LogP contribution in [0.2, 0.25) is 0 Å². The first-order valence-corrected chi connectivity index (χ1v) is 4.99. The van der Waals surface area contributed by atoms with Gasteiger partial charge in [-0.25, -0.2) is 4.79 Å². The fourth-order valence-corrected chi connectivity index (χ4v) is 1.23. The van der Waals surface area contributed by atoms with E-state index in [1.807, 2.05) is 0 Å². The van der Waals surface area contributed by atoms with Crippen LogP contribution in [0.4, 0.5) is 18.9 Å². The minimum atomic E-state index is -4.89. The first kappa shape index (κ1) is 14.8. The van der Waals surface area contributed by atoms with Crippen molar-refractivity contribution in [1.29, 1.82) is 0 Å². The Bertz CT molecular complexity index is 470. The fourth-order valence-electron chi connectivity index (χ4n) is 1.23. The van der Waals surface area contributed by atoms with Crippen molar-refractivity contribution in [3.63, 3.8) is 0 Å². The van der Waals surface area contributed by atoms with Crippen LogP contribution < -0.4 is 5.06 Å². The number of carbonyl (C=O) groups excluding carboxylic acids is 2. The molecule has 0 aliphatic heterocycles. The van der Waals surface area contributed by atoms with Crippen molar-refractivity contribution in [1.82, 2.24) is 0 Å². The number of ether oxygens (including phenoxy) is 1. The van der Waals surface area contributed by atoms with Gasteiger partial charge in [0.2, 0.25) is 0 Å². The van der Waals surface area contributed by atoms with E-state index in [1.165, 1.54) is 0 Å². The van der Waals surface area contributed by atoms with Crippen LogP contribution in [0.1, 0.15) is 17.3 Å². The summed E-state index contributed by atoms with van der Waals surface area (Å²) in [6.07, 6.45) is -4.89. The van der Waals surface area contributed by atoms with Crippen molar-refractivity contribution in [2.24, 2.45) is 0 Å². The monoisotopic (exact) mass is 277 g/mol. The predicted molar refractivity (Wildman–Crippen MR) is 58.1 cm³/mol. The highest BCUT2D eigenvalue weighted by Gasteiger charge is 2.41. The number of hydrogen-bond donors (Lipinski definition) is 0. The Hall–Kier alpha value is -2.25. The van der Waals surface area contributed by atoms with Gasteiger partial charge in [0.25, 0.3) is 0 Å². The molecule has 0 saturated carbocycles. The van der Waals surface area contributed by atoms with Gasteiger partial charge in [0.15, 0.2) is 0 Å². The number of esters is 1. The largest absolute Gasteiger partial charge is 0.517 e. The second kappa shape index (κ2) is 5.59. The molecule has 0 radical (unpaired) electrons. The first-order valence-electron chi connectivity index (χ1n) is 4.99. The summed E-state index contributed by atoms with van der Waals surface area (Å²) in [7, 11) is 1.15. The number of hydrogen-bond acceptors (Lipinski definition) is 5. The lowest BCUT2D eigenvalue weighted by atomic mass is 10.2. The van der Waals surface area contributed by atoms with Crippen molar-refractivity contribution in [3.05, 3.63) is 29.8 Å². The summed E-state index contributed by atoms with van der Waals surface area (Å²) in [4.78, 5) is 25.9. The van der Waals surface area contributed by atoms with E-state index in [4.69, 9.17) is 0 Å². The number of alkyl halides is 3. The number of nitrogens with zero attached hydrogens (tertiary/aromatic N) is 1. The highest BCUT2D eigenvalue weighted by molar-refractivity contribution is 5.89. The quantitative estimate of drug-likeness (QED) is 0.482. The van der Waals surface area contributed by atoms with Gasteiger partial charge in [0.05, 0.1) is 18.4 Å². The van der Waals surface area contributed by atoms with Crippen LogP contribution in [-0.2, 0) is 14.4 Å². The molecule has 19 heavy (non-hydrogen) atoms. The van der Waals surface area contributed by atoms with Crippen LogP contribution in [0.15, 0.2) is 24.3 Å². The summed E-state index contributed by atoms with van der Waals surface area (Å²) in [6.45, 7) is 0.849. The minimum Gasteiger partial charge on any atom is -0.465 e. The van der Waals surface area contributed by atoms with Gasteiger partial charge in [-0.1, -0.05) is 0 Å². The van der Waals surface area contributed by atoms with E-state index in [-0.39, 0.29) is 5.56 Å². The number of halogens is 3. The van der Waals surface area contributed by atoms with Gasteiger partial charge in [-0.15, -0.1) is 18.2 Å². The standard InChI is InChI=1S/C11H10F3NO4/c1-7(16)19-15(11(12,13)14)9-5-3-8(4-6-9)10(17)18-2/h3-6H,1-2H3. The van der Waals surface area contributed by atoms with Crippen LogP contribution in [0.25, 0.3) is 0 Å². The Labute approximate surface area is 106 Å². The van der Waals surface area contributed by atoms with Gasteiger partial charge in [-0.2, -0.15) is 0 Å². The lowest BCUT2D eigenvalue weighted by Crippen LogP contribution is -2.39. The van der Waals surface area contributed by atoms with Crippen LogP contribution in [0.5, 0.6) is 0 Å². The molecule has 0 aliphatic carbocycles. The van der Waals surface area contributed by atoms with E-state index in [9.17, 15) is 22.8 Å². The second-order valence-electron chi connectivity index (χ2n) is 3.38. The summed E-state index contributed by atoms with van der Waals surface area (Å²) in [5.74, 6) is -1.80. The van der Waals surface area contributed by atoms with Crippen LogP contribution in [-0.4, -0.2) is 25.3 Å². The number of carbonyl (C=O) groups is 2. The molecule has 0 bridgehead atoms. The Balaban J connectivity index is 3.04. The molecule has 1 rings (SSSR count). The molecule has 0 heterocycles. The molecule has 0 atom stereocenters. The molecular formula is C11H10F3NO4. The zero-order valence-corrected chi connectivity index (χ0v) is 10.0. The Morgan fingerprint density at radius 2 is 1.68 bits per heavy atom. The van der Waals surface area contributed by atoms with E-state index in [2.05, 4.69) is 9.57 Å². The normalized spacial score (nSPS) is 10.8. The van der Waals surface area contributed by atoms with Gasteiger partial charge in [-0.3, -0.25) is 4.79 Å². The third kappa shape index (κ3) is 3.87. The number of benzene rings is 1. The molecule has 0 aromatic heterocycles. The molecule has 8 heteroatoms. The van der Waals surface area contributed by atoms with Crippen molar-refractivity contribution in [2.75, 3.05) is 12.2 Å². The number of anilines is 1. The molecule has 1 aromatic carbocycles. The SMILES string of the molecule is COC(=O)c1ccc(N(OC(C)=O)C(F)(F)F)cc1. The van der Waals surface area contributed by atoms with Crippen LogP contribution in [0, 0.1) is 0 Å². The molecule has 0 saturated heterocycles. The molecule has 5 nitrogen and oxygen atoms in total. The smallest absolute Gasteiger partial charge is 0.465 e. The topological polar surface area (TPSA) is 55.8 Å². The zero-order valence-electron chi connectivity index (χ0n) is 10.0. The van der Waals surface area contributed by atoms with E-state index >= 15 is 0 Å². The summed E-state index contributed by atoms with van der Waals surface area (Å²) >= 11 is 0. The van der Waals surface area contributed by atoms with Gasteiger partial charge in [-0.05, 0) is 24.3 Å². The van der Waals surface area contributed by atoms with Crippen LogP contribution in [0.3, 0.4) is 0 Å². The van der Waals surface area contributed by atoms with Gasteiger partial charge >= 0.3 is 18.2 Å². The highest BCUT2D eigenvalue weighted by atomic mass is 19.4. The molecule has 0 aliphatic rings. The minimum absolute atomic E-state index is 0.0798. The van der Waals surface area contributed by atoms with E-state index in [1.54, 1.807) is 0 Å². The summed E-state index contributed by atoms with van der Waals surface area (Å²) < 4.78 is 42.4. The van der Waals surface area contributed by atoms with Gasteiger partial charge in [0.1, 0.15) is 0 Å². The number of methoxy groups -OCH3 is 1. The molecule has 0 N–H and O–H groups in total. The molecular weight excluding hydrogens is 267 g/mol. The first-order chi connectivity index (χ1) is 8.75. The maximum absolute atomic E-state index is 12.6. The molecule has 1 aromatic rings. The fraction of sp³-hybridized carbons (Fsp3) is 0.273. The third-order valence-corrected chi connectivity index (χ3v) is 1.97. The maximum Gasteiger partial charge on any atom is 0.517 e. The van der Waals surface area contributed by atoms with Crippen molar-refractivity contribution < 1.29 is 32.3 Å². The lowest BCUT2D eigenvalue weighted by molar-refractivity contribution is -0.197. The van der Waals surface area contributed by atoms with Crippen molar-refractivity contribution in [2.45, 2.75) is 13.2 Å². The summed E-state index contributed by atoms with van der Waals surface area (Å²) in [6, 6.07) is 4.23. The molecule has 0 amide bonds. The maximum atomic E-state index is 12.6. The molecule has 104 valence electrons. The van der Waals surface area contributed by atoms with Gasteiger partial charge < -0.3 is 9.57 Å². The third-order valence-electron chi connectivity index (χ3n) is 1.97. The molecule has 0 fully saturated rings. The average molecular weight is 277 g/mol. The van der Waals surface area contributed by atoms with Gasteiger partial charge in [0, 0.05) is 6.92 Å². The van der Waals surface area contributed by atoms with E-state index < -0.39 is 29.0 Å². The van der Waals surface area contributed by atoms with Crippen LogP contribution >= 0.6 is 0 Å². The summed E-state index contributed by atoms with van der Waals surface area (Å²) in [5, 5.41) is -0.490. The number of rotatable bonds is 3. The Morgan fingerprint density at radius 3 is 2.05 bits per heavy atom. The summed E-state index contributed by atoms with van der Waals surface area (Å²) in [5.41, 5.74) is -0.355. The Kier molecular flexibility index (Phi) is 4.36. The number of hydroxylamine groups is 1. The highest BCUT2D eigenvalue weighted by Crippen LogP contribution is 2.29. The Morgan fingerprint density at radius 1 is 1.16 bits per heavy atom.